The molecule has 1 atom stereocenters. The van der Waals surface area contributed by atoms with Crippen molar-refractivity contribution in [1.82, 2.24) is 0 Å². The minimum Gasteiger partial charge on any atom is -0.388 e. The second kappa shape index (κ2) is 35.1. The first-order valence-corrected chi connectivity index (χ1v) is 37.5. The van der Waals surface area contributed by atoms with E-state index >= 15 is 0 Å². The lowest BCUT2D eigenvalue weighted by Crippen LogP contribution is -2.20. The quantitative estimate of drug-likeness (QED) is 0.114. The lowest BCUT2D eigenvalue weighted by atomic mass is 9.91. The third-order valence-corrected chi connectivity index (χ3v) is 25.9. The van der Waals surface area contributed by atoms with E-state index in [1.165, 1.54) is 91.5 Å². The third-order valence-electron chi connectivity index (χ3n) is 16.2. The molecule has 1 aliphatic rings. The molecule has 5 heteroatoms. The van der Waals surface area contributed by atoms with Crippen molar-refractivity contribution in [2.24, 2.45) is 0 Å². The second-order valence-electron chi connectivity index (χ2n) is 22.6. The van der Waals surface area contributed by atoms with Crippen LogP contribution in [-0.4, -0.2) is 5.11 Å². The number of aliphatic hydroxyl groups excluding tert-OH is 1. The van der Waals surface area contributed by atoms with Gasteiger partial charge in [-0.3, -0.25) is 0 Å². The van der Waals surface area contributed by atoms with Crippen molar-refractivity contribution in [3.05, 3.63) is 423 Å². The molecule has 0 saturated heterocycles. The Bertz CT molecular complexity index is 3560. The van der Waals surface area contributed by atoms with Crippen LogP contribution >= 0.6 is 31.7 Å². The van der Waals surface area contributed by atoms with Crippen LogP contribution in [0.25, 0.3) is 11.1 Å². The van der Waals surface area contributed by atoms with Crippen LogP contribution in [0.3, 0.4) is 0 Å². The van der Waals surface area contributed by atoms with E-state index < -0.39 is 31.7 Å². The summed E-state index contributed by atoms with van der Waals surface area (Å²) in [7, 11) is -1.78. The summed E-state index contributed by atoms with van der Waals surface area (Å²) in [4.78, 5) is 0. The molecule has 14 aromatic rings. The Morgan fingerprint density at radius 1 is 0.223 bits per heavy atom. The average Bonchev–Trinajstić information content (AvgIpc) is 1.63. The van der Waals surface area contributed by atoms with Crippen molar-refractivity contribution < 1.29 is 5.11 Å². The number of hydrogen-bond acceptors (Lipinski definition) is 1. The predicted octanol–water partition coefficient (Wildman–Crippen LogP) is 17.7. The van der Waals surface area contributed by atoms with E-state index in [4.69, 9.17) is 0 Å². The number of hydrogen-bond donors (Lipinski definition) is 1. The molecule has 0 heterocycles. The molecule has 1 N–H and O–H groups in total. The highest BCUT2D eigenvalue weighted by Crippen LogP contribution is 2.40. The van der Waals surface area contributed by atoms with Crippen LogP contribution in [0.4, 0.5) is 0 Å². The maximum absolute atomic E-state index is 9.99. The average molecular weight is 1290 g/mol. The first-order chi connectivity index (χ1) is 46.5. The third kappa shape index (κ3) is 17.9. The van der Waals surface area contributed by atoms with E-state index in [1.54, 1.807) is 0 Å². The maximum Gasteiger partial charge on any atom is 0.0796 e. The Kier molecular flexibility index (Phi) is 24.8. The molecule has 1 nitrogen and oxygen atoms in total. The highest BCUT2D eigenvalue weighted by atomic mass is 31.1. The van der Waals surface area contributed by atoms with Crippen LogP contribution in [0.1, 0.15) is 34.8 Å². The molecule has 0 radical (unpaired) electrons. The minimum atomic E-state index is -0.446. The Balaban J connectivity index is 0.000000120. The molecule has 0 fully saturated rings. The van der Waals surface area contributed by atoms with Crippen LogP contribution in [0, 0.1) is 13.8 Å². The SMILES string of the molecule is Cc1cccc(C)c1-c1cccc2c1CC[C@@H]2O.c1ccc(P(c2ccccc2)c2ccccc2)cc1.c1ccc(P(c2ccccc2)c2ccccc2)cc1.c1ccc(P(c2ccccc2)c2ccccc2)cc1.c1ccc(P(c2ccccc2)c2ccccc2)cc1. The molecule has 0 aliphatic heterocycles. The van der Waals surface area contributed by atoms with E-state index in [9.17, 15) is 5.11 Å². The monoisotopic (exact) mass is 1290 g/mol. The molecule has 0 unspecified atom stereocenters. The van der Waals surface area contributed by atoms with Gasteiger partial charge >= 0.3 is 0 Å². The van der Waals surface area contributed by atoms with Crippen LogP contribution < -0.4 is 63.7 Å². The van der Waals surface area contributed by atoms with Crippen molar-refractivity contribution in [3.8, 4) is 11.1 Å². The molecular formula is C89H78OP4. The van der Waals surface area contributed by atoms with Gasteiger partial charge in [-0.15, -0.1) is 0 Å². The van der Waals surface area contributed by atoms with Crippen molar-refractivity contribution >= 4 is 95.3 Å². The normalized spacial score (nSPS) is 12.0. The number of aliphatic hydroxyl groups is 1. The van der Waals surface area contributed by atoms with E-state index in [1.807, 2.05) is 0 Å². The van der Waals surface area contributed by atoms with Crippen LogP contribution in [0.2, 0.25) is 0 Å². The fourth-order valence-electron chi connectivity index (χ4n) is 11.8. The van der Waals surface area contributed by atoms with Gasteiger partial charge in [0.15, 0.2) is 0 Å². The second-order valence-corrected chi connectivity index (χ2v) is 31.4. The zero-order valence-electron chi connectivity index (χ0n) is 53.3. The summed E-state index contributed by atoms with van der Waals surface area (Å²) in [6.45, 7) is 4.32. The number of aryl methyl sites for hydroxylation is 2. The van der Waals surface area contributed by atoms with Crippen molar-refractivity contribution in [3.63, 3.8) is 0 Å². The minimum absolute atomic E-state index is 0.274. The summed E-state index contributed by atoms with van der Waals surface area (Å²) in [6, 6.07) is 142. The topological polar surface area (TPSA) is 20.2 Å². The summed E-state index contributed by atoms with van der Waals surface area (Å²) >= 11 is 0. The summed E-state index contributed by atoms with van der Waals surface area (Å²) < 4.78 is 0. The van der Waals surface area contributed by atoms with Gasteiger partial charge in [0.1, 0.15) is 0 Å². The van der Waals surface area contributed by atoms with Gasteiger partial charge in [0.05, 0.1) is 6.10 Å². The maximum atomic E-state index is 9.99. The molecule has 94 heavy (non-hydrogen) atoms. The fraction of sp³-hybridized carbons (Fsp3) is 0.0562. The Morgan fingerprint density at radius 3 is 0.596 bits per heavy atom. The van der Waals surface area contributed by atoms with E-state index in [0.29, 0.717) is 0 Å². The molecule has 1 aliphatic carbocycles. The van der Waals surface area contributed by atoms with E-state index in [-0.39, 0.29) is 6.10 Å². The molecule has 15 rings (SSSR count). The largest absolute Gasteiger partial charge is 0.388 e. The van der Waals surface area contributed by atoms with Gasteiger partial charge in [-0.1, -0.05) is 400 Å². The Morgan fingerprint density at radius 2 is 0.404 bits per heavy atom. The molecule has 0 bridgehead atoms. The zero-order chi connectivity index (χ0) is 64.4. The van der Waals surface area contributed by atoms with Gasteiger partial charge in [0.25, 0.3) is 0 Å². The van der Waals surface area contributed by atoms with Crippen LogP contribution in [0.5, 0.6) is 0 Å². The Hall–Kier alpha value is -9.24. The summed E-state index contributed by atoms with van der Waals surface area (Å²) in [5.74, 6) is 0. The molecule has 0 aromatic heterocycles. The zero-order valence-corrected chi connectivity index (χ0v) is 56.9. The summed E-state index contributed by atoms with van der Waals surface area (Å²) in [6.07, 6.45) is 1.57. The standard InChI is InChI=1S/4C18H15P.C17H18O/c4*1-4-10-16(11-5-1)19(17-12-6-2-7-13-17)18-14-8-3-9-15-18;1-11-5-3-6-12(2)17(11)15-8-4-7-14-13(15)9-10-16(14)18/h4*1-15H;3-8,16,18H,9-10H2,1-2H3/t;;;;16-/m....0/s1. The van der Waals surface area contributed by atoms with Gasteiger partial charge < -0.3 is 5.11 Å². The van der Waals surface area contributed by atoms with Crippen molar-refractivity contribution in [2.45, 2.75) is 32.8 Å². The molecule has 0 saturated carbocycles. The molecule has 0 amide bonds. The first kappa shape index (κ1) is 66.2. The van der Waals surface area contributed by atoms with Crippen molar-refractivity contribution in [2.75, 3.05) is 0 Å². The number of benzene rings is 14. The summed E-state index contributed by atoms with van der Waals surface area (Å²) in [5.41, 5.74) is 7.72. The van der Waals surface area contributed by atoms with Crippen LogP contribution in [0.15, 0.2) is 400 Å². The first-order valence-electron chi connectivity index (χ1n) is 32.2. The Labute approximate surface area is 563 Å². The van der Waals surface area contributed by atoms with Gasteiger partial charge in [0, 0.05) is 0 Å². The van der Waals surface area contributed by atoms with Gasteiger partial charge in [-0.25, -0.2) is 0 Å². The molecule has 460 valence electrons. The highest BCUT2D eigenvalue weighted by Gasteiger charge is 2.24. The van der Waals surface area contributed by atoms with Crippen molar-refractivity contribution in [1.29, 1.82) is 0 Å². The molecule has 14 aromatic carbocycles. The lowest BCUT2D eigenvalue weighted by Gasteiger charge is -2.18. The predicted molar refractivity (Wildman–Crippen MR) is 415 cm³/mol. The van der Waals surface area contributed by atoms with E-state index in [2.05, 4.69) is 414 Å². The molecule has 0 spiro atoms. The van der Waals surface area contributed by atoms with E-state index in [0.717, 1.165) is 18.4 Å². The molecular weight excluding hydrogens is 1210 g/mol. The summed E-state index contributed by atoms with van der Waals surface area (Å²) in [5, 5.41) is 26.8. The number of fused-ring (bicyclic) bond motifs is 1. The van der Waals surface area contributed by atoms with Gasteiger partial charge in [-0.05, 0) is 155 Å². The number of rotatable bonds is 13. The van der Waals surface area contributed by atoms with Gasteiger partial charge in [0.2, 0.25) is 0 Å². The lowest BCUT2D eigenvalue weighted by molar-refractivity contribution is 0.180. The fourth-order valence-corrected chi connectivity index (χ4v) is 21.0. The van der Waals surface area contributed by atoms with Crippen LogP contribution in [-0.2, 0) is 6.42 Å². The highest BCUT2D eigenvalue weighted by molar-refractivity contribution is 7.81. The smallest absolute Gasteiger partial charge is 0.0796 e. The van der Waals surface area contributed by atoms with Gasteiger partial charge in [-0.2, -0.15) is 0 Å².